The number of hydrogen-bond donors (Lipinski definition) is 9. The van der Waals surface area contributed by atoms with Crippen LogP contribution in [0.25, 0.3) is 0 Å². The number of allylic oxidation sites excluding steroid dienone is 5. The van der Waals surface area contributed by atoms with E-state index >= 15 is 0 Å². The molecule has 0 saturated carbocycles. The normalized spacial score (nSPS) is 36.9. The quantitative estimate of drug-likeness (QED) is 0.0534. The summed E-state index contributed by atoms with van der Waals surface area (Å²) in [7, 11) is 0. The van der Waals surface area contributed by atoms with Gasteiger partial charge in [-0.3, -0.25) is 29.0 Å². The number of halogens is 1. The molecular formula is C57H86IN5O12. The highest BCUT2D eigenvalue weighted by atomic mass is 127. The number of aliphatic hydroxyl groups is 4. The number of fused-ring (bicyclic) bond motifs is 2. The summed E-state index contributed by atoms with van der Waals surface area (Å²) >= 11 is 2.20. The monoisotopic (exact) mass is 1160 g/mol. The van der Waals surface area contributed by atoms with Crippen LogP contribution >= 0.6 is 22.6 Å². The van der Waals surface area contributed by atoms with Gasteiger partial charge < -0.3 is 51.0 Å². The van der Waals surface area contributed by atoms with Crippen LogP contribution in [0.5, 0.6) is 5.75 Å². The molecule has 2 bridgehead atoms. The van der Waals surface area contributed by atoms with Crippen molar-refractivity contribution >= 4 is 52.2 Å². The number of piperidine rings is 1. The minimum atomic E-state index is -1.26. The van der Waals surface area contributed by atoms with Crippen LogP contribution in [0.1, 0.15) is 126 Å². The molecule has 17 atom stereocenters. The summed E-state index contributed by atoms with van der Waals surface area (Å²) in [6, 6.07) is 3.02. The van der Waals surface area contributed by atoms with Crippen molar-refractivity contribution in [2.45, 2.75) is 191 Å². The zero-order valence-corrected chi connectivity index (χ0v) is 47.7. The van der Waals surface area contributed by atoms with Gasteiger partial charge >= 0.3 is 5.97 Å². The first-order valence-corrected chi connectivity index (χ1v) is 28.1. The Morgan fingerprint density at radius 2 is 1.72 bits per heavy atom. The highest BCUT2D eigenvalue weighted by Gasteiger charge is 2.57. The molecule has 2 unspecified atom stereocenters. The van der Waals surface area contributed by atoms with E-state index in [0.717, 1.165) is 12.0 Å². The predicted molar refractivity (Wildman–Crippen MR) is 294 cm³/mol. The zero-order chi connectivity index (χ0) is 55.5. The molecule has 18 heteroatoms. The molecule has 4 aliphatic heterocycles. The van der Waals surface area contributed by atoms with Crippen molar-refractivity contribution in [3.05, 3.63) is 77.9 Å². The van der Waals surface area contributed by atoms with E-state index in [2.05, 4.69) is 50.9 Å². The smallest absolute Gasteiger partial charge is 0.326 e. The van der Waals surface area contributed by atoms with E-state index in [1.165, 1.54) is 23.2 Å². The van der Waals surface area contributed by atoms with Gasteiger partial charge in [-0.05, 0) is 81.1 Å². The lowest BCUT2D eigenvalue weighted by Gasteiger charge is -2.56. The summed E-state index contributed by atoms with van der Waals surface area (Å²) in [5.74, 6) is -4.52. The molecule has 3 saturated heterocycles. The third-order valence-electron chi connectivity index (χ3n) is 16.3. The van der Waals surface area contributed by atoms with E-state index in [1.807, 2.05) is 59.8 Å². The Bertz CT molecular complexity index is 2250. The number of ether oxygens (including phenoxy) is 2. The number of phenols is 1. The number of hydrazine groups is 1. The molecule has 0 aliphatic carbocycles. The predicted octanol–water partition coefficient (Wildman–Crippen LogP) is 5.62. The average Bonchev–Trinajstić information content (AvgIpc) is 3.35. The Morgan fingerprint density at radius 1 is 1.00 bits per heavy atom. The van der Waals surface area contributed by atoms with E-state index < -0.39 is 106 Å². The van der Waals surface area contributed by atoms with Crippen LogP contribution in [0.3, 0.4) is 0 Å². The van der Waals surface area contributed by atoms with Gasteiger partial charge in [0.1, 0.15) is 35.7 Å². The number of carbonyl (C=O) groups is 5. The topological polar surface area (TPSA) is 256 Å². The SMILES string of the molecule is CC[C@H]1C[C@H](C)[C@@]2(NC1=O)O[C@@H](C[C@H](O)[C@@H](C)CC/C=C/C=C(\C)[C@@H]1C/C=C/C=C/[C@@H](O)C(C)[C@@H](O)CC(=O)N[C@@H](C(C)C)C(=O)N[C@@H](Cc3cccc(O)c3)C(=O)N3CCC(C)(I)[C@H](N3)C(=O)O1)[C@H](C)[C@H](O)[C@@H]2C. The zero-order valence-electron chi connectivity index (χ0n) is 45.6. The first-order chi connectivity index (χ1) is 35.3. The molecule has 1 aromatic carbocycles. The third-order valence-corrected chi connectivity index (χ3v) is 17.4. The Balaban J connectivity index is 1.34. The van der Waals surface area contributed by atoms with Gasteiger partial charge in [0.05, 0.1) is 36.9 Å². The number of aliphatic hydroxyl groups excluding tert-OH is 4. The molecule has 5 rings (SSSR count). The minimum Gasteiger partial charge on any atom is -0.508 e. The van der Waals surface area contributed by atoms with Gasteiger partial charge in [0, 0.05) is 58.8 Å². The summed E-state index contributed by atoms with van der Waals surface area (Å²) in [5, 5.41) is 65.1. The van der Waals surface area contributed by atoms with Gasteiger partial charge in [-0.1, -0.05) is 133 Å². The van der Waals surface area contributed by atoms with Crippen molar-refractivity contribution in [2.75, 3.05) is 6.54 Å². The molecule has 1 spiro atoms. The summed E-state index contributed by atoms with van der Waals surface area (Å²) in [6.07, 6.45) is 10.4. The Hall–Kier alpha value is -4.18. The molecule has 4 amide bonds. The van der Waals surface area contributed by atoms with E-state index in [-0.39, 0.29) is 60.6 Å². The Kier molecular flexibility index (Phi) is 22.5. The molecular weight excluding hydrogens is 1070 g/mol. The number of nitrogens with one attached hydrogen (secondary N) is 4. The largest absolute Gasteiger partial charge is 0.508 e. The van der Waals surface area contributed by atoms with E-state index in [9.17, 15) is 49.5 Å². The number of rotatable bonds is 12. The van der Waals surface area contributed by atoms with Crippen LogP contribution in [0.15, 0.2) is 72.4 Å². The minimum absolute atomic E-state index is 0.0192. The highest BCUT2D eigenvalue weighted by Crippen LogP contribution is 2.46. The summed E-state index contributed by atoms with van der Waals surface area (Å²) in [5.41, 5.74) is 3.39. The molecule has 4 aliphatic rings. The molecule has 0 radical (unpaired) electrons. The third kappa shape index (κ3) is 16.0. The second kappa shape index (κ2) is 27.4. The second-order valence-electron chi connectivity index (χ2n) is 22.4. The number of phenolic OH excluding ortho intramolecular Hbond substituents is 1. The van der Waals surface area contributed by atoms with Crippen LogP contribution in [0.4, 0.5) is 0 Å². The number of benzene rings is 1. The first-order valence-electron chi connectivity index (χ1n) is 27.0. The number of esters is 1. The van der Waals surface area contributed by atoms with Crippen molar-refractivity contribution in [3.8, 4) is 5.75 Å². The number of cyclic esters (lactones) is 1. The standard InChI is InChI=1S/C57H86IN5O12/c1-11-40-27-35(6)57(61-52(40)70)38(9)50(69)37(8)47(75-57)30-44(66)33(4)19-14-12-15-20-34(5)46-24-17-13-16-23-43(65)36(7)45(67)31-48(68)60-49(32(2)3)53(71)59-42(29-39-21-18-22-41(64)28-39)54(72)63-26-25-56(10,58)51(62-63)55(73)74-46/h12-13,15-18,20-23,28,32-33,35-38,40,42-47,49-51,62,64-67,69H,11,14,19,24-27,29-31H2,1-10H3,(H,59,71)(H,60,68)(H,61,70)/b15-12+,17-13+,23-16+,34-20+/t33-,35-,36?,37-,38-,40-,42-,43+,44-,45-,46-,47-,49-,50-,51+,56?,57+/m0/s1. The van der Waals surface area contributed by atoms with Gasteiger partial charge in [0.25, 0.3) is 5.91 Å². The number of alkyl halides is 1. The van der Waals surface area contributed by atoms with Gasteiger partial charge in [-0.2, -0.15) is 0 Å². The van der Waals surface area contributed by atoms with Gasteiger partial charge in [-0.15, -0.1) is 0 Å². The van der Waals surface area contributed by atoms with Crippen LogP contribution < -0.4 is 21.4 Å². The fourth-order valence-corrected chi connectivity index (χ4v) is 11.3. The van der Waals surface area contributed by atoms with Gasteiger partial charge in [0.15, 0.2) is 0 Å². The summed E-state index contributed by atoms with van der Waals surface area (Å²) in [4.78, 5) is 69.4. The number of carbonyl (C=O) groups excluding carboxylic acids is 5. The number of amides is 4. The molecule has 3 fully saturated rings. The fraction of sp³-hybridized carbons (Fsp3) is 0.667. The van der Waals surface area contributed by atoms with Crippen LogP contribution in [0.2, 0.25) is 0 Å². The van der Waals surface area contributed by atoms with Gasteiger partial charge in [0.2, 0.25) is 17.7 Å². The lowest BCUT2D eigenvalue weighted by Crippen LogP contribution is -2.71. The molecule has 0 aromatic heterocycles. The maximum Gasteiger partial charge on any atom is 0.326 e. The van der Waals surface area contributed by atoms with Crippen LogP contribution in [-0.4, -0.2) is 131 Å². The van der Waals surface area contributed by atoms with E-state index in [4.69, 9.17) is 9.47 Å². The van der Waals surface area contributed by atoms with Crippen molar-refractivity contribution < 1.29 is 59.0 Å². The Labute approximate surface area is 457 Å². The molecule has 418 valence electrons. The summed E-state index contributed by atoms with van der Waals surface area (Å²) < 4.78 is 12.3. The molecule has 75 heavy (non-hydrogen) atoms. The summed E-state index contributed by atoms with van der Waals surface area (Å²) in [6.45, 7) is 18.9. The lowest BCUT2D eigenvalue weighted by atomic mass is 9.69. The fourth-order valence-electron chi connectivity index (χ4n) is 10.7. The van der Waals surface area contributed by atoms with Gasteiger partial charge in [-0.25, -0.2) is 5.43 Å². The molecule has 1 aromatic rings. The number of hydrogen-bond acceptors (Lipinski definition) is 13. The molecule has 9 N–H and O–H groups in total. The number of aromatic hydroxyl groups is 1. The maximum absolute atomic E-state index is 14.6. The molecule has 17 nitrogen and oxygen atoms in total. The first kappa shape index (κ1) is 61.7. The highest BCUT2D eigenvalue weighted by molar-refractivity contribution is 14.1. The number of nitrogens with zero attached hydrogens (tertiary/aromatic N) is 1. The van der Waals surface area contributed by atoms with Crippen molar-refractivity contribution in [1.29, 1.82) is 0 Å². The Morgan fingerprint density at radius 3 is 2.40 bits per heavy atom. The van der Waals surface area contributed by atoms with Crippen LogP contribution in [0, 0.1) is 41.4 Å². The second-order valence-corrected chi connectivity index (χ2v) is 24.9. The molecule has 4 heterocycles. The van der Waals surface area contributed by atoms with E-state index in [0.29, 0.717) is 37.7 Å². The average molecular weight is 1160 g/mol. The van der Waals surface area contributed by atoms with Crippen molar-refractivity contribution in [1.82, 2.24) is 26.4 Å². The lowest BCUT2D eigenvalue weighted by molar-refractivity contribution is -0.267. The van der Waals surface area contributed by atoms with Crippen LogP contribution in [-0.2, 0) is 39.9 Å². The maximum atomic E-state index is 14.6. The van der Waals surface area contributed by atoms with E-state index in [1.54, 1.807) is 51.1 Å². The van der Waals surface area contributed by atoms with Crippen molar-refractivity contribution in [3.63, 3.8) is 0 Å². The van der Waals surface area contributed by atoms with Crippen molar-refractivity contribution in [2.24, 2.45) is 41.4 Å².